The van der Waals surface area contributed by atoms with E-state index < -0.39 is 96.2 Å². The Hall–Kier alpha value is -5.52. The number of esters is 1. The number of amides is 4. The van der Waals surface area contributed by atoms with Gasteiger partial charge >= 0.3 is 5.97 Å². The summed E-state index contributed by atoms with van der Waals surface area (Å²) in [6.45, 7) is 9.42. The maximum Gasteiger partial charge on any atom is 0.323 e. The number of likely N-dealkylation sites (N-methyl/N-ethyl adjacent to an activating group) is 2. The number of nitrogens with one attached hydrogen (secondary N) is 4. The number of Topliss-reactive ketones (excluding diaryl/α,β-unsaturated/α-hetero) is 1. The van der Waals surface area contributed by atoms with Crippen molar-refractivity contribution in [3.05, 3.63) is 107 Å². The van der Waals surface area contributed by atoms with E-state index >= 15 is 4.79 Å². The summed E-state index contributed by atoms with van der Waals surface area (Å²) < 4.78 is 18.1. The van der Waals surface area contributed by atoms with Crippen LogP contribution >= 0.6 is 0 Å². The molecule has 0 radical (unpaired) electrons. The Balaban J connectivity index is 2.32. The second-order valence-corrected chi connectivity index (χ2v) is 15.6. The first-order valence-corrected chi connectivity index (χ1v) is 20.3. The Morgan fingerprint density at radius 1 is 0.590 bits per heavy atom. The van der Waals surface area contributed by atoms with E-state index in [9.17, 15) is 29.2 Å². The second-order valence-electron chi connectivity index (χ2n) is 15.6. The lowest BCUT2D eigenvalue weighted by atomic mass is 9.82. The van der Waals surface area contributed by atoms with Gasteiger partial charge < -0.3 is 41.2 Å². The number of rotatable bonds is 24. The maximum absolute atomic E-state index is 15.4. The summed E-state index contributed by atoms with van der Waals surface area (Å²) in [6, 6.07) is 20.3. The first-order valence-electron chi connectivity index (χ1n) is 20.3. The minimum atomic E-state index is -2.03. The summed E-state index contributed by atoms with van der Waals surface area (Å²) >= 11 is 0. The number of nitrogens with two attached hydrogens (primary N) is 1. The third kappa shape index (κ3) is 14.3. The number of ketones is 1. The Morgan fingerprint density at radius 3 is 1.48 bits per heavy atom. The minimum absolute atomic E-state index is 0.0825. The first kappa shape index (κ1) is 49.8. The van der Waals surface area contributed by atoms with Gasteiger partial charge in [0.2, 0.25) is 11.8 Å². The lowest BCUT2D eigenvalue weighted by Crippen LogP contribution is -2.60. The van der Waals surface area contributed by atoms with E-state index in [1.807, 2.05) is 0 Å². The van der Waals surface area contributed by atoms with E-state index in [0.29, 0.717) is 11.1 Å². The molecule has 3 rings (SSSR count). The summed E-state index contributed by atoms with van der Waals surface area (Å²) in [4.78, 5) is 88.6. The molecule has 7 N–H and O–H groups in total. The van der Waals surface area contributed by atoms with Gasteiger partial charge in [-0.15, -0.1) is 0 Å². The van der Waals surface area contributed by atoms with E-state index in [1.165, 1.54) is 32.3 Å². The number of benzene rings is 3. The Kier molecular flexibility index (Phi) is 20.2. The molecule has 0 saturated carbocycles. The summed E-state index contributed by atoms with van der Waals surface area (Å²) in [5, 5.41) is 21.4. The molecule has 0 fully saturated rings. The van der Waals surface area contributed by atoms with Gasteiger partial charge in [-0.05, 0) is 28.9 Å². The number of carbonyl (C=O) groups is 6. The lowest BCUT2D eigenvalue weighted by molar-refractivity contribution is -0.310. The third-order valence-corrected chi connectivity index (χ3v) is 10.1. The van der Waals surface area contributed by atoms with E-state index in [2.05, 4.69) is 21.3 Å². The predicted octanol–water partition coefficient (Wildman–Crippen LogP) is 3.31. The van der Waals surface area contributed by atoms with Gasteiger partial charge in [0.25, 0.3) is 11.8 Å². The quantitative estimate of drug-likeness (QED) is 0.0330. The van der Waals surface area contributed by atoms with Crippen LogP contribution in [0.15, 0.2) is 84.9 Å². The standard InChI is InChI=1S/C45H61N5O11/c1-26(2)34(46)45(56)60-25-31-21-15-16-22-32(31)37(51)33(39(58-23-29-17-11-9-12-18-29)43(54)49-35(27(3)4)41(52)47-7)38(61-57)40(59-24-30-19-13-10-14-20-30)44(55)50-36(28(5)6)42(53)48-8/h9-22,26-28,33-36,38-40,57H,23-25,46H2,1-8H3,(H,47,52)(H,48,53)(H,49,54)(H,50,55)/t33-,34-,35-,36-,38+,39+,40+/m0/s1. The van der Waals surface area contributed by atoms with Crippen LogP contribution in [0.3, 0.4) is 0 Å². The van der Waals surface area contributed by atoms with Gasteiger partial charge in [-0.25, -0.2) is 4.89 Å². The van der Waals surface area contributed by atoms with Crippen molar-refractivity contribution in [1.29, 1.82) is 0 Å². The van der Waals surface area contributed by atoms with E-state index in [1.54, 1.807) is 108 Å². The second kappa shape index (κ2) is 24.7. The Labute approximate surface area is 357 Å². The van der Waals surface area contributed by atoms with Crippen LogP contribution in [0, 0.1) is 23.7 Å². The fraction of sp³-hybridized carbons (Fsp3) is 0.467. The summed E-state index contributed by atoms with van der Waals surface area (Å²) in [5.74, 6) is -7.66. The molecule has 16 heteroatoms. The van der Waals surface area contributed by atoms with Crippen LogP contribution in [0.4, 0.5) is 0 Å². The lowest BCUT2D eigenvalue weighted by Gasteiger charge is -2.35. The molecule has 7 atom stereocenters. The number of hydrogen-bond donors (Lipinski definition) is 6. The van der Waals surface area contributed by atoms with Gasteiger partial charge in [0.05, 0.1) is 19.1 Å². The number of carbonyl (C=O) groups excluding carboxylic acids is 6. The average molecular weight is 848 g/mol. The Morgan fingerprint density at radius 2 is 1.03 bits per heavy atom. The van der Waals surface area contributed by atoms with Gasteiger partial charge in [0.15, 0.2) is 11.9 Å². The monoisotopic (exact) mass is 847 g/mol. The highest BCUT2D eigenvalue weighted by molar-refractivity contribution is 6.04. The van der Waals surface area contributed by atoms with Crippen molar-refractivity contribution in [3.8, 4) is 0 Å². The zero-order chi connectivity index (χ0) is 45.2. The van der Waals surface area contributed by atoms with Crippen molar-refractivity contribution >= 4 is 35.4 Å². The van der Waals surface area contributed by atoms with E-state index in [-0.39, 0.29) is 30.3 Å². The van der Waals surface area contributed by atoms with Crippen LogP contribution in [0.25, 0.3) is 0 Å². The largest absolute Gasteiger partial charge is 0.460 e. The molecular weight excluding hydrogens is 787 g/mol. The van der Waals surface area contributed by atoms with E-state index in [4.69, 9.17) is 24.8 Å². The van der Waals surface area contributed by atoms with Crippen molar-refractivity contribution in [2.24, 2.45) is 29.4 Å². The SMILES string of the molecule is CNC(=O)[C@@H](NC(=O)[C@H](OCc1ccccc1)[C@H](OO)[C@H](C(=O)c1ccccc1COC(=O)[C@@H](N)C(C)C)[C@@H](OCc1ccccc1)C(=O)N[C@H](C(=O)NC)C(C)C)C(C)C. The topological polar surface area (TPSA) is 234 Å². The van der Waals surface area contributed by atoms with Crippen molar-refractivity contribution in [1.82, 2.24) is 21.3 Å². The van der Waals surface area contributed by atoms with Crippen molar-refractivity contribution in [2.75, 3.05) is 14.1 Å². The van der Waals surface area contributed by atoms with Crippen LogP contribution in [0.1, 0.15) is 68.6 Å². The molecule has 0 aromatic heterocycles. The van der Waals surface area contributed by atoms with Crippen molar-refractivity contribution < 1.29 is 53.1 Å². The van der Waals surface area contributed by atoms with Gasteiger partial charge in [0.1, 0.15) is 36.9 Å². The zero-order valence-corrected chi connectivity index (χ0v) is 36.1. The van der Waals surface area contributed by atoms with Crippen LogP contribution < -0.4 is 27.0 Å². The average Bonchev–Trinajstić information content (AvgIpc) is 3.26. The normalized spacial score (nSPS) is 14.8. The smallest absolute Gasteiger partial charge is 0.323 e. The fourth-order valence-corrected chi connectivity index (χ4v) is 6.39. The predicted molar refractivity (Wildman–Crippen MR) is 226 cm³/mol. The molecule has 16 nitrogen and oxygen atoms in total. The van der Waals surface area contributed by atoms with Crippen LogP contribution in [-0.2, 0) is 62.9 Å². The molecule has 3 aromatic rings. The van der Waals surface area contributed by atoms with E-state index in [0.717, 1.165) is 0 Å². The molecule has 0 bridgehead atoms. The number of ether oxygens (including phenoxy) is 3. The molecular formula is C45H61N5O11. The molecule has 61 heavy (non-hydrogen) atoms. The minimum Gasteiger partial charge on any atom is -0.460 e. The maximum atomic E-state index is 15.4. The zero-order valence-electron chi connectivity index (χ0n) is 36.1. The molecule has 0 aliphatic rings. The molecule has 3 aromatic carbocycles. The van der Waals surface area contributed by atoms with Crippen molar-refractivity contribution in [2.45, 2.75) is 97.8 Å². The summed E-state index contributed by atoms with van der Waals surface area (Å²) in [5.41, 5.74) is 7.33. The highest BCUT2D eigenvalue weighted by atomic mass is 17.1. The molecule has 0 aliphatic heterocycles. The first-order chi connectivity index (χ1) is 29.1. The van der Waals surface area contributed by atoms with Gasteiger partial charge in [-0.2, -0.15) is 0 Å². The van der Waals surface area contributed by atoms with Gasteiger partial charge in [-0.1, -0.05) is 126 Å². The van der Waals surface area contributed by atoms with Crippen LogP contribution in [0.5, 0.6) is 0 Å². The Bertz CT molecular complexity index is 1890. The highest BCUT2D eigenvalue weighted by Gasteiger charge is 2.49. The molecule has 332 valence electrons. The van der Waals surface area contributed by atoms with Crippen LogP contribution in [-0.4, -0.2) is 91.2 Å². The van der Waals surface area contributed by atoms with Gasteiger partial charge in [-0.3, -0.25) is 34.0 Å². The fourth-order valence-electron chi connectivity index (χ4n) is 6.39. The molecule has 4 amide bonds. The molecule has 0 unspecified atom stereocenters. The van der Waals surface area contributed by atoms with Crippen LogP contribution in [0.2, 0.25) is 0 Å². The number of hydrogen-bond acceptors (Lipinski definition) is 12. The summed E-state index contributed by atoms with van der Waals surface area (Å²) in [7, 11) is 2.81. The molecule has 0 saturated heterocycles. The third-order valence-electron chi connectivity index (χ3n) is 10.1. The molecule has 0 heterocycles. The summed E-state index contributed by atoms with van der Waals surface area (Å²) in [6.07, 6.45) is -5.81. The molecule has 0 spiro atoms. The highest BCUT2D eigenvalue weighted by Crippen LogP contribution is 2.29. The van der Waals surface area contributed by atoms with Gasteiger partial charge in [0, 0.05) is 25.2 Å². The van der Waals surface area contributed by atoms with Crippen molar-refractivity contribution in [3.63, 3.8) is 0 Å². The molecule has 0 aliphatic carbocycles.